The Kier molecular flexibility index (Phi) is 7.45. The third kappa shape index (κ3) is 4.36. The van der Waals surface area contributed by atoms with E-state index >= 15 is 0 Å². The van der Waals surface area contributed by atoms with E-state index in [1.807, 2.05) is 0 Å². The van der Waals surface area contributed by atoms with Gasteiger partial charge in [-0.15, -0.1) is 24.8 Å². The molecule has 0 amide bonds. The minimum Gasteiger partial charge on any atom is -0.310 e. The molecule has 1 saturated heterocycles. The molecule has 2 aromatic carbocycles. The number of fused-ring (bicyclic) bond motifs is 3. The molecule has 4 aromatic rings. The van der Waals surface area contributed by atoms with E-state index in [2.05, 4.69) is 75.5 Å². The molecule has 0 bridgehead atoms. The maximum Gasteiger partial charge on any atom is 0.215 e. The Morgan fingerprint density at radius 3 is 2.37 bits per heavy atom. The van der Waals surface area contributed by atoms with E-state index in [-0.39, 0.29) is 24.8 Å². The van der Waals surface area contributed by atoms with Crippen LogP contribution in [0.1, 0.15) is 31.2 Å². The van der Waals surface area contributed by atoms with Gasteiger partial charge in [-0.2, -0.15) is 0 Å². The second-order valence-corrected chi connectivity index (χ2v) is 8.06. The van der Waals surface area contributed by atoms with Crippen molar-refractivity contribution in [2.24, 2.45) is 0 Å². The van der Waals surface area contributed by atoms with Gasteiger partial charge in [-0.05, 0) is 63.5 Å². The number of halogens is 2. The van der Waals surface area contributed by atoms with Crippen LogP contribution < -0.4 is 0 Å². The highest BCUT2D eigenvalue weighted by Gasteiger charge is 2.16. The van der Waals surface area contributed by atoms with E-state index < -0.39 is 0 Å². The van der Waals surface area contributed by atoms with Crippen molar-refractivity contribution in [2.45, 2.75) is 39.2 Å². The number of imidazole rings is 2. The number of aromatic nitrogens is 3. The summed E-state index contributed by atoms with van der Waals surface area (Å²) >= 11 is 0. The zero-order valence-corrected chi connectivity index (χ0v) is 19.1. The number of rotatable bonds is 5. The van der Waals surface area contributed by atoms with Gasteiger partial charge in [-0.1, -0.05) is 48.4 Å². The summed E-state index contributed by atoms with van der Waals surface area (Å²) in [6.45, 7) is 6.84. The zero-order valence-electron chi connectivity index (χ0n) is 17.5. The Morgan fingerprint density at radius 1 is 0.867 bits per heavy atom. The van der Waals surface area contributed by atoms with Gasteiger partial charge in [0.2, 0.25) is 5.78 Å². The summed E-state index contributed by atoms with van der Waals surface area (Å²) in [6.07, 6.45) is 7.53. The Balaban J connectivity index is 0.00000128. The third-order valence-corrected chi connectivity index (χ3v) is 6.01. The highest BCUT2D eigenvalue weighted by atomic mass is 35.5. The van der Waals surface area contributed by atoms with E-state index in [0.29, 0.717) is 0 Å². The standard InChI is InChI=1S/C24H28N4.2ClH/c1-19-10-12-20(13-11-19)23-18-28-22-9-4-3-8-21(22)25-24(28)27(23)17-7-16-26-14-5-2-6-15-26;;/h3-4,8-13,18H,2,5-7,14-17H2,1H3;2*1H. The number of aryl methyl sites for hydroxylation is 2. The molecule has 0 saturated carbocycles. The minimum atomic E-state index is 0. The molecule has 0 unspecified atom stereocenters. The number of nitrogens with zero attached hydrogens (tertiary/aromatic N) is 4. The first-order valence-corrected chi connectivity index (χ1v) is 10.6. The summed E-state index contributed by atoms with van der Waals surface area (Å²) in [5, 5.41) is 0. The summed E-state index contributed by atoms with van der Waals surface area (Å²) in [5.41, 5.74) is 6.06. The van der Waals surface area contributed by atoms with Gasteiger partial charge in [0.1, 0.15) is 0 Å². The summed E-state index contributed by atoms with van der Waals surface area (Å²) < 4.78 is 4.67. The van der Waals surface area contributed by atoms with Gasteiger partial charge in [0.25, 0.3) is 0 Å². The Bertz CT molecular complexity index is 1090. The molecule has 1 aliphatic rings. The number of likely N-dealkylation sites (tertiary alicyclic amines) is 1. The zero-order chi connectivity index (χ0) is 18.9. The normalized spacial score (nSPS) is 14.6. The summed E-state index contributed by atoms with van der Waals surface area (Å²) in [4.78, 5) is 7.58. The van der Waals surface area contributed by atoms with Crippen molar-refractivity contribution in [3.63, 3.8) is 0 Å². The van der Waals surface area contributed by atoms with E-state index in [1.54, 1.807) is 0 Å². The Morgan fingerprint density at radius 2 is 1.60 bits per heavy atom. The lowest BCUT2D eigenvalue weighted by atomic mass is 10.1. The first kappa shape index (κ1) is 22.7. The van der Waals surface area contributed by atoms with Gasteiger partial charge < -0.3 is 9.47 Å². The minimum absolute atomic E-state index is 0. The molecule has 0 N–H and O–H groups in total. The van der Waals surface area contributed by atoms with E-state index in [9.17, 15) is 0 Å². The largest absolute Gasteiger partial charge is 0.310 e. The number of hydrogen-bond donors (Lipinski definition) is 0. The van der Waals surface area contributed by atoms with Crippen LogP contribution in [0.3, 0.4) is 0 Å². The van der Waals surface area contributed by atoms with Crippen LogP contribution in [0.25, 0.3) is 28.1 Å². The van der Waals surface area contributed by atoms with Crippen molar-refractivity contribution < 1.29 is 0 Å². The second kappa shape index (κ2) is 9.86. The van der Waals surface area contributed by atoms with Gasteiger partial charge in [-0.25, -0.2) is 4.98 Å². The number of para-hydroxylation sites is 2. The van der Waals surface area contributed by atoms with E-state index in [4.69, 9.17) is 4.98 Å². The highest BCUT2D eigenvalue weighted by Crippen LogP contribution is 2.27. The maximum atomic E-state index is 4.96. The molecule has 0 spiro atoms. The fourth-order valence-corrected chi connectivity index (χ4v) is 4.46. The molecule has 6 heteroatoms. The number of hydrogen-bond acceptors (Lipinski definition) is 2. The average Bonchev–Trinajstić information content (AvgIpc) is 3.26. The molecule has 4 nitrogen and oxygen atoms in total. The average molecular weight is 445 g/mol. The first-order valence-electron chi connectivity index (χ1n) is 10.6. The van der Waals surface area contributed by atoms with E-state index in [0.717, 1.165) is 24.3 Å². The van der Waals surface area contributed by atoms with Gasteiger partial charge >= 0.3 is 0 Å². The van der Waals surface area contributed by atoms with Crippen LogP contribution in [-0.2, 0) is 6.54 Å². The molecule has 160 valence electrons. The third-order valence-electron chi connectivity index (χ3n) is 6.01. The summed E-state index contributed by atoms with van der Waals surface area (Å²) in [7, 11) is 0. The van der Waals surface area contributed by atoms with Gasteiger partial charge in [0.15, 0.2) is 0 Å². The lowest BCUT2D eigenvalue weighted by Crippen LogP contribution is -2.31. The van der Waals surface area contributed by atoms with Crippen molar-refractivity contribution in [3.05, 3.63) is 60.3 Å². The van der Waals surface area contributed by atoms with Crippen molar-refractivity contribution >= 4 is 41.6 Å². The van der Waals surface area contributed by atoms with Gasteiger partial charge in [0, 0.05) is 12.7 Å². The van der Waals surface area contributed by atoms with Gasteiger partial charge in [-0.3, -0.25) is 4.40 Å². The van der Waals surface area contributed by atoms with Crippen molar-refractivity contribution in [1.82, 2.24) is 18.9 Å². The summed E-state index contributed by atoms with van der Waals surface area (Å²) in [6, 6.07) is 17.3. The SMILES string of the molecule is Cc1ccc(-c2cn3c4ccccc4nc3n2CCCN2CCCCC2)cc1.Cl.Cl. The predicted molar refractivity (Wildman–Crippen MR) is 130 cm³/mol. The van der Waals surface area contributed by atoms with Crippen LogP contribution in [0, 0.1) is 6.92 Å². The fraction of sp³-hybridized carbons (Fsp3) is 0.375. The molecule has 1 fully saturated rings. The van der Waals surface area contributed by atoms with Crippen LogP contribution in [0.5, 0.6) is 0 Å². The number of benzene rings is 2. The molecular formula is C24H30Cl2N4. The molecule has 5 rings (SSSR count). The van der Waals surface area contributed by atoms with Crippen molar-refractivity contribution in [2.75, 3.05) is 19.6 Å². The van der Waals surface area contributed by atoms with E-state index in [1.165, 1.54) is 61.2 Å². The summed E-state index contributed by atoms with van der Waals surface area (Å²) in [5.74, 6) is 1.05. The second-order valence-electron chi connectivity index (χ2n) is 8.06. The number of piperidine rings is 1. The molecule has 30 heavy (non-hydrogen) atoms. The van der Waals surface area contributed by atoms with Crippen LogP contribution in [-0.4, -0.2) is 38.5 Å². The fourth-order valence-electron chi connectivity index (χ4n) is 4.46. The Hall–Kier alpha value is -2.01. The quantitative estimate of drug-likeness (QED) is 0.377. The Labute approximate surface area is 190 Å². The topological polar surface area (TPSA) is 25.5 Å². The predicted octanol–water partition coefficient (Wildman–Crippen LogP) is 5.98. The van der Waals surface area contributed by atoms with Crippen LogP contribution in [0.4, 0.5) is 0 Å². The molecule has 0 atom stereocenters. The maximum absolute atomic E-state index is 4.96. The molecule has 2 aromatic heterocycles. The smallest absolute Gasteiger partial charge is 0.215 e. The van der Waals surface area contributed by atoms with Crippen LogP contribution in [0.15, 0.2) is 54.7 Å². The monoisotopic (exact) mass is 444 g/mol. The molecule has 0 aliphatic carbocycles. The van der Waals surface area contributed by atoms with Crippen LogP contribution in [0.2, 0.25) is 0 Å². The van der Waals surface area contributed by atoms with Crippen molar-refractivity contribution in [3.8, 4) is 11.3 Å². The molecular weight excluding hydrogens is 415 g/mol. The lowest BCUT2D eigenvalue weighted by Gasteiger charge is -2.26. The van der Waals surface area contributed by atoms with Crippen LogP contribution >= 0.6 is 24.8 Å². The first-order chi connectivity index (χ1) is 13.8. The van der Waals surface area contributed by atoms with Crippen molar-refractivity contribution in [1.29, 1.82) is 0 Å². The highest BCUT2D eigenvalue weighted by molar-refractivity contribution is 5.85. The molecule has 0 radical (unpaired) electrons. The molecule has 3 heterocycles. The van der Waals surface area contributed by atoms with Gasteiger partial charge in [0.05, 0.1) is 16.7 Å². The molecule has 1 aliphatic heterocycles. The lowest BCUT2D eigenvalue weighted by molar-refractivity contribution is 0.223.